The maximum Gasteiger partial charge on any atom is 0.251 e. The monoisotopic (exact) mass is 438 g/mol. The van der Waals surface area contributed by atoms with Crippen LogP contribution in [0.5, 0.6) is 0 Å². The Morgan fingerprint density at radius 3 is 2.48 bits per heavy atom. The first-order valence-corrected chi connectivity index (χ1v) is 11.8. The summed E-state index contributed by atoms with van der Waals surface area (Å²) >= 11 is 1.52. The highest BCUT2D eigenvalue weighted by molar-refractivity contribution is 7.17. The first-order chi connectivity index (χ1) is 15.1. The Morgan fingerprint density at radius 2 is 1.74 bits per heavy atom. The predicted molar refractivity (Wildman–Crippen MR) is 126 cm³/mol. The van der Waals surface area contributed by atoms with Crippen LogP contribution in [-0.4, -0.2) is 60.9 Å². The van der Waals surface area contributed by atoms with Crippen molar-refractivity contribution in [2.24, 2.45) is 5.73 Å². The van der Waals surface area contributed by atoms with Crippen molar-refractivity contribution in [1.29, 1.82) is 0 Å². The first-order valence-electron chi connectivity index (χ1n) is 11.0. The minimum atomic E-state index is -0.438. The molecule has 7 heteroatoms. The number of nitrogens with one attached hydrogen (secondary N) is 1. The van der Waals surface area contributed by atoms with Gasteiger partial charge in [-0.15, -0.1) is 11.3 Å². The molecule has 0 atom stereocenters. The fourth-order valence-electron chi connectivity index (χ4n) is 4.32. The van der Waals surface area contributed by atoms with E-state index in [1.165, 1.54) is 21.8 Å². The molecule has 1 fully saturated rings. The Kier molecular flexibility index (Phi) is 7.17. The molecule has 2 aliphatic rings. The topological polar surface area (TPSA) is 78.7 Å². The minimum absolute atomic E-state index is 0.0708. The zero-order valence-corrected chi connectivity index (χ0v) is 18.6. The summed E-state index contributed by atoms with van der Waals surface area (Å²) in [6.45, 7) is 4.84. The second kappa shape index (κ2) is 10.2. The summed E-state index contributed by atoms with van der Waals surface area (Å²) in [4.78, 5) is 30.4. The number of primary amides is 1. The molecular weight excluding hydrogens is 408 g/mol. The normalized spacial score (nSPS) is 17.5. The number of thiophene rings is 1. The fourth-order valence-corrected chi connectivity index (χ4v) is 5.63. The van der Waals surface area contributed by atoms with Crippen LogP contribution in [-0.2, 0) is 17.6 Å². The molecule has 0 spiro atoms. The number of hydrogen-bond donors (Lipinski definition) is 2. The van der Waals surface area contributed by atoms with Crippen LogP contribution in [0.15, 0.2) is 36.4 Å². The third-order valence-electron chi connectivity index (χ3n) is 5.98. The van der Waals surface area contributed by atoms with Crippen LogP contribution < -0.4 is 11.1 Å². The van der Waals surface area contributed by atoms with E-state index in [-0.39, 0.29) is 5.91 Å². The van der Waals surface area contributed by atoms with Gasteiger partial charge in [-0.3, -0.25) is 19.4 Å². The summed E-state index contributed by atoms with van der Waals surface area (Å²) in [6.07, 6.45) is 8.39. The molecule has 6 nitrogen and oxygen atoms in total. The molecule has 0 saturated carbocycles. The van der Waals surface area contributed by atoms with Crippen molar-refractivity contribution in [3.8, 4) is 0 Å². The molecule has 1 aliphatic heterocycles. The van der Waals surface area contributed by atoms with E-state index < -0.39 is 5.91 Å². The zero-order chi connectivity index (χ0) is 21.6. The maximum atomic E-state index is 12.7. The van der Waals surface area contributed by atoms with Crippen LogP contribution in [0, 0.1) is 0 Å². The number of nitrogens with two attached hydrogens (primary N) is 1. The molecule has 1 aromatic carbocycles. The van der Waals surface area contributed by atoms with Crippen molar-refractivity contribution in [2.45, 2.75) is 25.7 Å². The molecule has 0 bridgehead atoms. The second-order valence-electron chi connectivity index (χ2n) is 8.22. The number of nitrogens with zero attached hydrogens (tertiary/aromatic N) is 2. The van der Waals surface area contributed by atoms with Gasteiger partial charge in [0.25, 0.3) is 5.91 Å². The molecule has 2 aromatic rings. The molecule has 0 unspecified atom stereocenters. The van der Waals surface area contributed by atoms with Crippen molar-refractivity contribution >= 4 is 34.2 Å². The van der Waals surface area contributed by atoms with Gasteiger partial charge in [0.15, 0.2) is 0 Å². The van der Waals surface area contributed by atoms with E-state index >= 15 is 0 Å². The van der Waals surface area contributed by atoms with E-state index in [9.17, 15) is 9.59 Å². The van der Waals surface area contributed by atoms with Crippen LogP contribution in [0.3, 0.4) is 0 Å². The predicted octanol–water partition coefficient (Wildman–Crippen LogP) is 3.00. The van der Waals surface area contributed by atoms with Crippen molar-refractivity contribution in [3.63, 3.8) is 0 Å². The molecule has 4 rings (SSSR count). The van der Waals surface area contributed by atoms with E-state index in [1.54, 1.807) is 0 Å². The number of fused-ring (bicyclic) bond motifs is 1. The lowest BCUT2D eigenvalue weighted by Crippen LogP contribution is -2.48. The van der Waals surface area contributed by atoms with Crippen LogP contribution in [0.1, 0.15) is 39.2 Å². The van der Waals surface area contributed by atoms with Gasteiger partial charge in [0.1, 0.15) is 5.00 Å². The molecule has 1 aliphatic carbocycles. The van der Waals surface area contributed by atoms with Crippen molar-refractivity contribution < 1.29 is 9.59 Å². The SMILES string of the molecule is NC(=O)c1c(NC(=O)CN2CCN(C/C=C/c3ccccc3)CC2)sc2c1CCCC2. The fraction of sp³-hybridized carbons (Fsp3) is 0.417. The largest absolute Gasteiger partial charge is 0.365 e. The van der Waals surface area contributed by atoms with Crippen LogP contribution >= 0.6 is 11.3 Å². The summed E-state index contributed by atoms with van der Waals surface area (Å²) in [5.41, 5.74) is 8.42. The first kappa shape index (κ1) is 21.7. The third kappa shape index (κ3) is 5.61. The molecular formula is C24H30N4O2S. The summed E-state index contributed by atoms with van der Waals surface area (Å²) in [5, 5.41) is 3.61. The van der Waals surface area contributed by atoms with Crippen LogP contribution in [0.2, 0.25) is 0 Å². The van der Waals surface area contributed by atoms with E-state index in [2.05, 4.69) is 39.4 Å². The number of anilines is 1. The minimum Gasteiger partial charge on any atom is -0.365 e. The lowest BCUT2D eigenvalue weighted by Gasteiger charge is -2.33. The Labute approximate surface area is 187 Å². The lowest BCUT2D eigenvalue weighted by molar-refractivity contribution is -0.117. The molecule has 1 saturated heterocycles. The highest BCUT2D eigenvalue weighted by Gasteiger charge is 2.25. The van der Waals surface area contributed by atoms with Crippen LogP contribution in [0.4, 0.5) is 5.00 Å². The van der Waals surface area contributed by atoms with Crippen molar-refractivity contribution in [3.05, 3.63) is 58.0 Å². The standard InChI is InChI=1S/C24H30N4O2S/c25-23(30)22-19-10-4-5-11-20(19)31-24(22)26-21(29)17-28-15-13-27(14-16-28)12-6-9-18-7-2-1-3-8-18/h1-3,6-9H,4-5,10-17H2,(H2,25,30)(H,26,29)/b9-6+. The smallest absolute Gasteiger partial charge is 0.251 e. The summed E-state index contributed by atoms with van der Waals surface area (Å²) in [7, 11) is 0. The van der Waals surface area contributed by atoms with Gasteiger partial charge in [0, 0.05) is 37.6 Å². The lowest BCUT2D eigenvalue weighted by atomic mass is 9.95. The zero-order valence-electron chi connectivity index (χ0n) is 17.8. The van der Waals surface area contributed by atoms with Crippen LogP contribution in [0.25, 0.3) is 6.08 Å². The van der Waals surface area contributed by atoms with E-state index in [1.807, 2.05) is 18.2 Å². The van der Waals surface area contributed by atoms with Gasteiger partial charge >= 0.3 is 0 Å². The van der Waals surface area contributed by atoms with Crippen molar-refractivity contribution in [2.75, 3.05) is 44.6 Å². The van der Waals surface area contributed by atoms with Gasteiger partial charge in [-0.2, -0.15) is 0 Å². The van der Waals surface area contributed by atoms with Gasteiger partial charge in [-0.1, -0.05) is 42.5 Å². The quantitative estimate of drug-likeness (QED) is 0.697. The number of carbonyl (C=O) groups is 2. The summed E-state index contributed by atoms with van der Waals surface area (Å²) in [6, 6.07) is 10.3. The third-order valence-corrected chi connectivity index (χ3v) is 7.18. The Morgan fingerprint density at radius 1 is 1.03 bits per heavy atom. The Hall–Kier alpha value is -2.48. The van der Waals surface area contributed by atoms with Gasteiger partial charge in [0.2, 0.25) is 5.91 Å². The second-order valence-corrected chi connectivity index (χ2v) is 9.32. The molecule has 31 heavy (non-hydrogen) atoms. The van der Waals surface area contributed by atoms with E-state index in [0.717, 1.165) is 64.0 Å². The number of benzene rings is 1. The molecule has 2 amide bonds. The van der Waals surface area contributed by atoms with Gasteiger partial charge in [0.05, 0.1) is 12.1 Å². The molecule has 3 N–H and O–H groups in total. The average molecular weight is 439 g/mol. The van der Waals surface area contributed by atoms with Gasteiger partial charge < -0.3 is 11.1 Å². The highest BCUT2D eigenvalue weighted by Crippen LogP contribution is 2.37. The average Bonchev–Trinajstić information content (AvgIpc) is 3.13. The number of amides is 2. The molecule has 0 radical (unpaired) electrons. The number of carbonyl (C=O) groups excluding carboxylic acids is 2. The van der Waals surface area contributed by atoms with Gasteiger partial charge in [-0.05, 0) is 36.8 Å². The number of rotatable bonds is 7. The molecule has 2 heterocycles. The number of piperazine rings is 1. The Bertz CT molecular complexity index is 946. The summed E-state index contributed by atoms with van der Waals surface area (Å²) < 4.78 is 0. The number of aryl methyl sites for hydroxylation is 1. The Balaban J connectivity index is 1.26. The molecule has 164 valence electrons. The van der Waals surface area contributed by atoms with E-state index in [4.69, 9.17) is 5.73 Å². The highest BCUT2D eigenvalue weighted by atomic mass is 32.1. The van der Waals surface area contributed by atoms with Gasteiger partial charge in [-0.25, -0.2) is 0 Å². The van der Waals surface area contributed by atoms with E-state index in [0.29, 0.717) is 17.1 Å². The maximum absolute atomic E-state index is 12.7. The molecule has 1 aromatic heterocycles. The number of hydrogen-bond acceptors (Lipinski definition) is 5. The van der Waals surface area contributed by atoms with Crippen molar-refractivity contribution in [1.82, 2.24) is 9.80 Å². The summed E-state index contributed by atoms with van der Waals surface area (Å²) in [5.74, 6) is -0.509.